The smallest absolute Gasteiger partial charge is 0.313 e. The van der Waals surface area contributed by atoms with Gasteiger partial charge < -0.3 is 4.74 Å². The van der Waals surface area contributed by atoms with Crippen molar-refractivity contribution >= 4 is 24.0 Å². The molecule has 7 heteroatoms. The molecule has 0 atom stereocenters. The summed E-state index contributed by atoms with van der Waals surface area (Å²) in [4.78, 5) is 28.1. The third kappa shape index (κ3) is 3.56. The number of H-pyrrole nitrogens is 1. The Bertz CT molecular complexity index is 976. The van der Waals surface area contributed by atoms with E-state index in [2.05, 4.69) is 14.8 Å². The van der Waals surface area contributed by atoms with Gasteiger partial charge in [0.2, 0.25) is 4.77 Å². The number of ether oxygens (including phenoxy) is 1. The molecule has 0 radical (unpaired) electrons. The van der Waals surface area contributed by atoms with E-state index >= 15 is 0 Å². The van der Waals surface area contributed by atoms with Crippen molar-refractivity contribution in [3.8, 4) is 17.1 Å². The summed E-state index contributed by atoms with van der Waals surface area (Å²) >= 11 is 5.31. The minimum Gasteiger partial charge on any atom is -0.469 e. The summed E-state index contributed by atoms with van der Waals surface area (Å²) in [7, 11) is 1.25. The number of benzene rings is 2. The van der Waals surface area contributed by atoms with Crippen molar-refractivity contribution < 1.29 is 14.3 Å². The van der Waals surface area contributed by atoms with E-state index in [-0.39, 0.29) is 12.2 Å². The minimum atomic E-state index is -0.581. The molecule has 0 amide bonds. The number of esters is 1. The van der Waals surface area contributed by atoms with Crippen molar-refractivity contribution in [2.24, 2.45) is 0 Å². The number of carbonyl (C=O) groups excluding carboxylic acids is 2. The predicted molar refractivity (Wildman–Crippen MR) is 95.1 cm³/mol. The molecule has 25 heavy (non-hydrogen) atoms. The molecule has 6 nitrogen and oxygen atoms in total. The van der Waals surface area contributed by atoms with Crippen LogP contribution in [0.3, 0.4) is 0 Å². The number of nitrogens with zero attached hydrogens (tertiary/aromatic N) is 2. The van der Waals surface area contributed by atoms with Gasteiger partial charge in [-0.1, -0.05) is 42.5 Å². The average molecular weight is 353 g/mol. The second-order valence-electron chi connectivity index (χ2n) is 5.25. The van der Waals surface area contributed by atoms with Gasteiger partial charge in [-0.2, -0.15) is 4.98 Å². The molecule has 1 aromatic heterocycles. The molecule has 0 aliphatic carbocycles. The van der Waals surface area contributed by atoms with E-state index < -0.39 is 5.97 Å². The number of carbonyl (C=O) groups is 2. The second-order valence-corrected chi connectivity index (χ2v) is 5.61. The van der Waals surface area contributed by atoms with Crippen molar-refractivity contribution in [1.29, 1.82) is 0 Å². The van der Waals surface area contributed by atoms with Gasteiger partial charge in [0.1, 0.15) is 6.42 Å². The first-order chi connectivity index (χ1) is 12.1. The lowest BCUT2D eigenvalue weighted by Gasteiger charge is -2.06. The number of methoxy groups -OCH3 is 1. The highest BCUT2D eigenvalue weighted by Gasteiger charge is 2.18. The van der Waals surface area contributed by atoms with Gasteiger partial charge in [-0.3, -0.25) is 14.7 Å². The number of aromatic nitrogens is 3. The Labute approximate surface area is 149 Å². The number of aromatic amines is 1. The first kappa shape index (κ1) is 16.8. The van der Waals surface area contributed by atoms with Gasteiger partial charge in [-0.25, -0.2) is 4.68 Å². The third-order valence-corrected chi connectivity index (χ3v) is 3.92. The van der Waals surface area contributed by atoms with Crippen LogP contribution in [0.25, 0.3) is 17.1 Å². The Morgan fingerprint density at radius 2 is 1.80 bits per heavy atom. The lowest BCUT2D eigenvalue weighted by molar-refractivity contribution is -0.139. The van der Waals surface area contributed by atoms with Crippen LogP contribution >= 0.6 is 12.2 Å². The summed E-state index contributed by atoms with van der Waals surface area (Å²) in [5, 5.41) is 3.11. The highest BCUT2D eigenvalue weighted by Crippen LogP contribution is 2.22. The number of nitrogens with one attached hydrogen (secondary N) is 1. The number of Topliss-reactive ketones (excluding diaryl/α,β-unsaturated/α-hetero) is 1. The molecule has 0 unspecified atom stereocenters. The van der Waals surface area contributed by atoms with Gasteiger partial charge in [0.05, 0.1) is 12.8 Å². The molecule has 0 saturated carbocycles. The van der Waals surface area contributed by atoms with Gasteiger partial charge in [0, 0.05) is 11.1 Å². The summed E-state index contributed by atoms with van der Waals surface area (Å²) in [6.45, 7) is 0. The number of hydrogen-bond donors (Lipinski definition) is 1. The average Bonchev–Trinajstić information content (AvgIpc) is 3.04. The van der Waals surface area contributed by atoms with Crippen LogP contribution < -0.4 is 0 Å². The predicted octanol–water partition coefficient (Wildman–Crippen LogP) is 3.34. The largest absolute Gasteiger partial charge is 0.469 e. The molecular weight excluding hydrogens is 338 g/mol. The molecule has 0 spiro atoms. The number of ketones is 1. The van der Waals surface area contributed by atoms with E-state index in [1.165, 1.54) is 7.11 Å². The lowest BCUT2D eigenvalue weighted by Crippen LogP contribution is -2.10. The number of hydrogen-bond acceptors (Lipinski definition) is 5. The van der Waals surface area contributed by atoms with Crippen LogP contribution in [0.1, 0.15) is 16.8 Å². The van der Waals surface area contributed by atoms with Gasteiger partial charge in [0.15, 0.2) is 11.6 Å². The van der Waals surface area contributed by atoms with Gasteiger partial charge >= 0.3 is 5.97 Å². The van der Waals surface area contributed by atoms with E-state index in [1.54, 1.807) is 28.9 Å². The topological polar surface area (TPSA) is 77.0 Å². The Morgan fingerprint density at radius 1 is 1.12 bits per heavy atom. The SMILES string of the molecule is COC(=O)CC(=O)c1ccccc1-c1nc(=S)n(-c2ccccc2)[nH]1. The lowest BCUT2D eigenvalue weighted by atomic mass is 10.0. The molecule has 3 rings (SSSR count). The third-order valence-electron chi connectivity index (χ3n) is 3.65. The molecule has 0 fully saturated rings. The van der Waals surface area contributed by atoms with Crippen molar-refractivity contribution in [3.05, 3.63) is 64.9 Å². The minimum absolute atomic E-state index is 0.326. The summed E-state index contributed by atoms with van der Waals surface area (Å²) < 4.78 is 6.57. The van der Waals surface area contributed by atoms with Crippen molar-refractivity contribution in [2.75, 3.05) is 7.11 Å². The normalized spacial score (nSPS) is 10.4. The van der Waals surface area contributed by atoms with E-state index in [1.807, 2.05) is 30.3 Å². The summed E-state index contributed by atoms with van der Waals surface area (Å²) in [6, 6.07) is 16.4. The van der Waals surface area contributed by atoms with Crippen LogP contribution in [0.5, 0.6) is 0 Å². The summed E-state index contributed by atoms with van der Waals surface area (Å²) in [5.74, 6) is -0.457. The Morgan fingerprint density at radius 3 is 2.52 bits per heavy atom. The van der Waals surface area contributed by atoms with Gasteiger partial charge in [0.25, 0.3) is 0 Å². The van der Waals surface area contributed by atoms with Crippen molar-refractivity contribution in [3.63, 3.8) is 0 Å². The van der Waals surface area contributed by atoms with Crippen molar-refractivity contribution in [2.45, 2.75) is 6.42 Å². The number of rotatable bonds is 5. The van der Waals surface area contributed by atoms with Crippen LogP contribution in [0.2, 0.25) is 0 Å². The van der Waals surface area contributed by atoms with Crippen LogP contribution in [0, 0.1) is 4.77 Å². The maximum atomic E-state index is 12.4. The fourth-order valence-electron chi connectivity index (χ4n) is 2.43. The fourth-order valence-corrected chi connectivity index (χ4v) is 2.67. The molecular formula is C18H15N3O3S. The van der Waals surface area contributed by atoms with E-state index in [0.717, 1.165) is 5.69 Å². The Balaban J connectivity index is 2.03. The molecule has 1 N–H and O–H groups in total. The first-order valence-electron chi connectivity index (χ1n) is 7.54. The first-order valence-corrected chi connectivity index (χ1v) is 7.95. The van der Waals surface area contributed by atoms with Crippen LogP contribution in [0.15, 0.2) is 54.6 Å². The molecule has 3 aromatic rings. The van der Waals surface area contributed by atoms with E-state index in [0.29, 0.717) is 21.7 Å². The zero-order chi connectivity index (χ0) is 17.8. The molecule has 0 aliphatic rings. The molecule has 2 aromatic carbocycles. The van der Waals surface area contributed by atoms with Crippen LogP contribution in [-0.2, 0) is 9.53 Å². The Hall–Kier alpha value is -3.06. The molecule has 0 aliphatic heterocycles. The molecule has 1 heterocycles. The highest BCUT2D eigenvalue weighted by atomic mass is 32.1. The van der Waals surface area contributed by atoms with Crippen molar-refractivity contribution in [1.82, 2.24) is 14.8 Å². The standard InChI is InChI=1S/C18H15N3O3S/c1-24-16(23)11-15(22)13-9-5-6-10-14(13)17-19-18(25)21(20-17)12-7-3-2-4-8-12/h2-10H,11H2,1H3,(H,19,20,25). The van der Waals surface area contributed by atoms with Crippen LogP contribution in [0.4, 0.5) is 0 Å². The highest BCUT2D eigenvalue weighted by molar-refractivity contribution is 7.71. The molecule has 126 valence electrons. The van der Waals surface area contributed by atoms with Gasteiger partial charge in [-0.15, -0.1) is 0 Å². The Kier molecular flexibility index (Phi) is 4.85. The molecule has 0 saturated heterocycles. The summed E-state index contributed by atoms with van der Waals surface area (Å²) in [5.41, 5.74) is 1.80. The van der Waals surface area contributed by atoms with E-state index in [4.69, 9.17) is 12.2 Å². The monoisotopic (exact) mass is 353 g/mol. The van der Waals surface area contributed by atoms with Crippen LogP contribution in [-0.4, -0.2) is 33.6 Å². The zero-order valence-corrected chi connectivity index (χ0v) is 14.2. The maximum Gasteiger partial charge on any atom is 0.313 e. The maximum absolute atomic E-state index is 12.4. The second kappa shape index (κ2) is 7.23. The zero-order valence-electron chi connectivity index (χ0n) is 13.4. The molecule has 0 bridgehead atoms. The van der Waals surface area contributed by atoms with E-state index in [9.17, 15) is 9.59 Å². The number of para-hydroxylation sites is 1. The fraction of sp³-hybridized carbons (Fsp3) is 0.111. The summed E-state index contributed by atoms with van der Waals surface area (Å²) in [6.07, 6.45) is -0.326. The quantitative estimate of drug-likeness (QED) is 0.329. The van der Waals surface area contributed by atoms with Gasteiger partial charge in [-0.05, 0) is 24.4 Å².